The van der Waals surface area contributed by atoms with Gasteiger partial charge in [-0.15, -0.1) is 6.58 Å². The van der Waals surface area contributed by atoms with Gasteiger partial charge in [-0.2, -0.15) is 0 Å². The molecule has 1 N–H and O–H groups in total. The van der Waals surface area contributed by atoms with Gasteiger partial charge < -0.3 is 14.8 Å². The van der Waals surface area contributed by atoms with E-state index in [-0.39, 0.29) is 17.4 Å². The maximum absolute atomic E-state index is 11.6. The van der Waals surface area contributed by atoms with Gasteiger partial charge >= 0.3 is 5.97 Å². The van der Waals surface area contributed by atoms with Crippen molar-refractivity contribution in [2.75, 3.05) is 5.75 Å². The van der Waals surface area contributed by atoms with Crippen LogP contribution in [0, 0.1) is 13.8 Å². The van der Waals surface area contributed by atoms with Gasteiger partial charge in [-0.1, -0.05) is 47.7 Å². The second kappa shape index (κ2) is 8.90. The quantitative estimate of drug-likeness (QED) is 0.347. The summed E-state index contributed by atoms with van der Waals surface area (Å²) in [6, 6.07) is 12.5. The summed E-state index contributed by atoms with van der Waals surface area (Å²) in [5.41, 5.74) is 3.73. The zero-order valence-electron chi connectivity index (χ0n) is 20.0. The van der Waals surface area contributed by atoms with Crippen molar-refractivity contribution in [3.8, 4) is 11.5 Å². The Labute approximate surface area is 200 Å². The van der Waals surface area contributed by atoms with Gasteiger partial charge in [-0.3, -0.25) is 4.79 Å². The van der Waals surface area contributed by atoms with E-state index in [1.165, 1.54) is 18.1 Å². The summed E-state index contributed by atoms with van der Waals surface area (Å²) in [5.74, 6) is 1.77. The number of nitrogens with one attached hydrogen (secondary N) is 1. The lowest BCUT2D eigenvalue weighted by atomic mass is 9.76. The Kier molecular flexibility index (Phi) is 6.32. The molecule has 0 radical (unpaired) electrons. The molecule has 2 aromatic rings. The molecule has 5 nitrogen and oxygen atoms in total. The summed E-state index contributed by atoms with van der Waals surface area (Å²) >= 11 is 1.63. The van der Waals surface area contributed by atoms with Crippen molar-refractivity contribution in [1.29, 1.82) is 0 Å². The van der Waals surface area contributed by atoms with E-state index in [0.717, 1.165) is 40.6 Å². The number of ether oxygens (including phenoxy) is 2. The van der Waals surface area contributed by atoms with Crippen LogP contribution in [0.3, 0.4) is 0 Å². The van der Waals surface area contributed by atoms with Crippen LogP contribution in [0.15, 0.2) is 54.0 Å². The number of fused-ring (bicyclic) bond motifs is 1. The van der Waals surface area contributed by atoms with Crippen molar-refractivity contribution < 1.29 is 14.3 Å². The van der Waals surface area contributed by atoms with Crippen LogP contribution < -0.4 is 14.8 Å². The Bertz CT molecular complexity index is 1110. The average molecular weight is 465 g/mol. The predicted molar refractivity (Wildman–Crippen MR) is 135 cm³/mol. The second-order valence-corrected chi connectivity index (χ2v) is 10.7. The van der Waals surface area contributed by atoms with Gasteiger partial charge in [0.2, 0.25) is 5.72 Å². The van der Waals surface area contributed by atoms with Crippen molar-refractivity contribution in [3.05, 3.63) is 71.3 Å². The van der Waals surface area contributed by atoms with E-state index < -0.39 is 5.72 Å². The molecule has 1 spiro atoms. The molecule has 0 bridgehead atoms. The summed E-state index contributed by atoms with van der Waals surface area (Å²) in [4.78, 5) is 16.7. The molecule has 0 unspecified atom stereocenters. The molecule has 0 aliphatic carbocycles. The molecule has 0 saturated carbocycles. The summed E-state index contributed by atoms with van der Waals surface area (Å²) in [6.07, 6.45) is 3.33. The van der Waals surface area contributed by atoms with Gasteiger partial charge in [0.1, 0.15) is 11.5 Å². The summed E-state index contributed by atoms with van der Waals surface area (Å²) < 4.78 is 12.2. The molecular weight excluding hydrogens is 432 g/mol. The number of esters is 1. The van der Waals surface area contributed by atoms with Crippen molar-refractivity contribution in [2.45, 2.75) is 64.6 Å². The maximum Gasteiger partial charge on any atom is 0.308 e. The number of aryl methyl sites for hydroxylation is 2. The van der Waals surface area contributed by atoms with Crippen molar-refractivity contribution in [2.24, 2.45) is 4.99 Å². The SMILES string of the molecule is C=CCSC1=N[C@@]2(C[C@@H](c3ccc(C)cc3)c3c(C)cc(OC(C)=O)cc3O2)CC(C)(C)N1. The molecule has 2 aromatic carbocycles. The summed E-state index contributed by atoms with van der Waals surface area (Å²) in [5, 5.41) is 4.42. The first-order valence-corrected chi connectivity index (χ1v) is 12.3. The van der Waals surface area contributed by atoms with E-state index >= 15 is 0 Å². The van der Waals surface area contributed by atoms with E-state index in [4.69, 9.17) is 14.5 Å². The van der Waals surface area contributed by atoms with Crippen LogP contribution in [0.25, 0.3) is 0 Å². The van der Waals surface area contributed by atoms with E-state index in [0.29, 0.717) is 5.75 Å². The second-order valence-electron chi connectivity index (χ2n) is 9.66. The molecule has 0 aromatic heterocycles. The zero-order valence-corrected chi connectivity index (χ0v) is 20.8. The van der Waals surface area contributed by atoms with Gasteiger partial charge in [-0.05, 0) is 44.9 Å². The summed E-state index contributed by atoms with van der Waals surface area (Å²) in [6.45, 7) is 13.8. The Morgan fingerprint density at radius 3 is 2.70 bits per heavy atom. The van der Waals surface area contributed by atoms with Crippen molar-refractivity contribution >= 4 is 22.9 Å². The maximum atomic E-state index is 11.6. The highest BCUT2D eigenvalue weighted by Crippen LogP contribution is 2.51. The molecule has 6 heteroatoms. The highest BCUT2D eigenvalue weighted by molar-refractivity contribution is 8.13. The lowest BCUT2D eigenvalue weighted by molar-refractivity contribution is -0.131. The highest BCUT2D eigenvalue weighted by Gasteiger charge is 2.48. The number of carbonyl (C=O) groups is 1. The standard InChI is InChI=1S/C27H32N2O3S/c1-7-12-33-25-28-26(5,6)16-27(29-25)15-22(20-10-8-17(2)9-11-20)24-18(3)13-21(31-19(4)30)14-23(24)32-27/h7-11,13-14,22H,1,12,15-16H2,2-6H3,(H,28,29)/t22-,27+/m0/s1. The number of amidine groups is 1. The molecule has 4 rings (SSSR count). The number of aliphatic imine (C=N–C) groups is 1. The molecule has 2 aliphatic rings. The highest BCUT2D eigenvalue weighted by atomic mass is 32.2. The van der Waals surface area contributed by atoms with Crippen molar-refractivity contribution in [1.82, 2.24) is 5.32 Å². The minimum atomic E-state index is -0.720. The van der Waals surface area contributed by atoms with E-state index in [1.807, 2.05) is 18.2 Å². The number of rotatable bonds is 4. The fraction of sp³-hybridized carbons (Fsp3) is 0.407. The van der Waals surface area contributed by atoms with Crippen molar-refractivity contribution in [3.63, 3.8) is 0 Å². The first kappa shape index (κ1) is 23.4. The minimum absolute atomic E-state index is 0.115. The number of nitrogens with zero attached hydrogens (tertiary/aromatic N) is 1. The average Bonchev–Trinajstić information content (AvgIpc) is 2.70. The molecule has 33 heavy (non-hydrogen) atoms. The van der Waals surface area contributed by atoms with Crippen LogP contribution >= 0.6 is 11.8 Å². The van der Waals surface area contributed by atoms with Crippen LogP contribution in [0.4, 0.5) is 0 Å². The lowest BCUT2D eigenvalue weighted by Gasteiger charge is -2.47. The van der Waals surface area contributed by atoms with E-state index in [2.05, 4.69) is 63.9 Å². The molecular formula is C27H32N2O3S. The topological polar surface area (TPSA) is 59.9 Å². The predicted octanol–water partition coefficient (Wildman–Crippen LogP) is 5.89. The number of benzene rings is 2. The number of thioether (sulfide) groups is 1. The third kappa shape index (κ3) is 5.11. The number of hydrogen-bond donors (Lipinski definition) is 1. The number of carbonyl (C=O) groups excluding carboxylic acids is 1. The van der Waals surface area contributed by atoms with Crippen LogP contribution in [-0.4, -0.2) is 28.2 Å². The molecule has 2 heterocycles. The van der Waals surface area contributed by atoms with Gasteiger partial charge in [0.25, 0.3) is 0 Å². The smallest absolute Gasteiger partial charge is 0.308 e. The number of hydrogen-bond acceptors (Lipinski definition) is 6. The Morgan fingerprint density at radius 1 is 1.30 bits per heavy atom. The molecule has 0 amide bonds. The fourth-order valence-corrected chi connectivity index (χ4v) is 5.76. The molecule has 174 valence electrons. The van der Waals surface area contributed by atoms with Gasteiger partial charge in [0, 0.05) is 48.6 Å². The Morgan fingerprint density at radius 2 is 2.03 bits per heavy atom. The normalized spacial score (nSPS) is 23.1. The molecule has 2 atom stereocenters. The molecule has 2 aliphatic heterocycles. The minimum Gasteiger partial charge on any atom is -0.466 e. The third-order valence-corrected chi connectivity index (χ3v) is 6.91. The molecule has 0 fully saturated rings. The Balaban J connectivity index is 1.86. The third-order valence-electron chi connectivity index (χ3n) is 6.04. The first-order chi connectivity index (χ1) is 15.6. The van der Waals surface area contributed by atoms with Crippen LogP contribution in [0.2, 0.25) is 0 Å². The monoisotopic (exact) mass is 464 g/mol. The van der Waals surface area contributed by atoms with Crippen LogP contribution in [0.1, 0.15) is 61.8 Å². The van der Waals surface area contributed by atoms with Gasteiger partial charge in [-0.25, -0.2) is 4.99 Å². The Hall–Kier alpha value is -2.73. The first-order valence-electron chi connectivity index (χ1n) is 11.3. The van der Waals surface area contributed by atoms with E-state index in [1.54, 1.807) is 11.8 Å². The lowest BCUT2D eigenvalue weighted by Crippen LogP contribution is -2.57. The van der Waals surface area contributed by atoms with Crippen LogP contribution in [-0.2, 0) is 4.79 Å². The zero-order chi connectivity index (χ0) is 23.8. The van der Waals surface area contributed by atoms with Gasteiger partial charge in [0.05, 0.1) is 0 Å². The fourth-order valence-electron chi connectivity index (χ4n) is 4.90. The van der Waals surface area contributed by atoms with Gasteiger partial charge in [0.15, 0.2) is 5.17 Å². The van der Waals surface area contributed by atoms with E-state index in [9.17, 15) is 4.79 Å². The molecule has 0 saturated heterocycles. The largest absolute Gasteiger partial charge is 0.466 e. The van der Waals surface area contributed by atoms with Crippen LogP contribution in [0.5, 0.6) is 11.5 Å². The summed E-state index contributed by atoms with van der Waals surface area (Å²) in [7, 11) is 0.